The van der Waals surface area contributed by atoms with Crippen molar-refractivity contribution < 1.29 is 4.79 Å². The van der Waals surface area contributed by atoms with Crippen LogP contribution >= 0.6 is 0 Å². The second kappa shape index (κ2) is 7.19. The van der Waals surface area contributed by atoms with Crippen molar-refractivity contribution in [3.63, 3.8) is 0 Å². The van der Waals surface area contributed by atoms with Gasteiger partial charge in [0.15, 0.2) is 0 Å². The van der Waals surface area contributed by atoms with Crippen LogP contribution in [0.25, 0.3) is 0 Å². The first kappa shape index (κ1) is 15.5. The van der Waals surface area contributed by atoms with Crippen LogP contribution in [0.15, 0.2) is 47.6 Å². The second-order valence-corrected chi connectivity index (χ2v) is 5.13. The fourth-order valence-corrected chi connectivity index (χ4v) is 2.03. The predicted octanol–water partition coefficient (Wildman–Crippen LogP) is 2.87. The van der Waals surface area contributed by atoms with Gasteiger partial charge in [-0.2, -0.15) is 10.4 Å². The van der Waals surface area contributed by atoms with Crippen LogP contribution in [0.1, 0.15) is 27.8 Å². The third-order valence-electron chi connectivity index (χ3n) is 3.30. The van der Waals surface area contributed by atoms with Gasteiger partial charge in [-0.25, -0.2) is 5.43 Å². The highest BCUT2D eigenvalue weighted by Crippen LogP contribution is 2.11. The Labute approximate surface area is 130 Å². The van der Waals surface area contributed by atoms with Crippen molar-refractivity contribution in [3.05, 3.63) is 70.3 Å². The first-order valence-corrected chi connectivity index (χ1v) is 6.96. The van der Waals surface area contributed by atoms with Crippen LogP contribution in [0.3, 0.4) is 0 Å². The number of amides is 1. The van der Waals surface area contributed by atoms with Gasteiger partial charge in [-0.1, -0.05) is 35.9 Å². The van der Waals surface area contributed by atoms with Gasteiger partial charge in [-0.15, -0.1) is 0 Å². The number of carbonyl (C=O) groups is 1. The van der Waals surface area contributed by atoms with Crippen molar-refractivity contribution in [2.75, 3.05) is 0 Å². The molecule has 0 spiro atoms. The number of carbonyl (C=O) groups excluding carboxylic acids is 1. The summed E-state index contributed by atoms with van der Waals surface area (Å²) in [5.41, 5.74) is 7.17. The Kier molecular flexibility index (Phi) is 5.05. The molecule has 0 saturated carbocycles. The highest BCUT2D eigenvalue weighted by Gasteiger charge is 2.05. The summed E-state index contributed by atoms with van der Waals surface area (Å²) in [6.07, 6.45) is 1.86. The van der Waals surface area contributed by atoms with Crippen LogP contribution in [0.2, 0.25) is 0 Å². The van der Waals surface area contributed by atoms with E-state index in [0.29, 0.717) is 12.0 Å². The van der Waals surface area contributed by atoms with E-state index in [-0.39, 0.29) is 5.91 Å². The molecule has 0 aliphatic carbocycles. The Balaban J connectivity index is 1.93. The topological polar surface area (TPSA) is 65.2 Å². The normalized spacial score (nSPS) is 10.4. The first-order chi connectivity index (χ1) is 10.6. The van der Waals surface area contributed by atoms with Crippen molar-refractivity contribution in [2.45, 2.75) is 20.3 Å². The van der Waals surface area contributed by atoms with Crippen LogP contribution in [0, 0.1) is 25.2 Å². The molecule has 0 radical (unpaired) electrons. The molecular formula is C18H17N3O. The Hall–Kier alpha value is -2.93. The van der Waals surface area contributed by atoms with Gasteiger partial charge >= 0.3 is 0 Å². The number of benzene rings is 2. The summed E-state index contributed by atoms with van der Waals surface area (Å²) in [6, 6.07) is 15.1. The number of aryl methyl sites for hydroxylation is 2. The summed E-state index contributed by atoms with van der Waals surface area (Å²) >= 11 is 0. The molecule has 4 nitrogen and oxygen atoms in total. The average molecular weight is 291 g/mol. The Morgan fingerprint density at radius 2 is 1.95 bits per heavy atom. The van der Waals surface area contributed by atoms with E-state index in [4.69, 9.17) is 5.26 Å². The maximum absolute atomic E-state index is 11.9. The van der Waals surface area contributed by atoms with E-state index in [9.17, 15) is 4.79 Å². The monoisotopic (exact) mass is 291 g/mol. The van der Waals surface area contributed by atoms with E-state index < -0.39 is 0 Å². The third kappa shape index (κ3) is 4.29. The molecule has 2 aromatic rings. The number of nitriles is 1. The maximum Gasteiger partial charge on any atom is 0.244 e. The average Bonchev–Trinajstić information content (AvgIpc) is 2.51. The largest absolute Gasteiger partial charge is 0.273 e. The van der Waals surface area contributed by atoms with E-state index >= 15 is 0 Å². The van der Waals surface area contributed by atoms with Crippen LogP contribution in [0.4, 0.5) is 0 Å². The molecule has 2 rings (SSSR count). The molecule has 0 aliphatic rings. The van der Waals surface area contributed by atoms with E-state index in [0.717, 1.165) is 22.3 Å². The SMILES string of the molecule is Cc1ccc(C)c(CC(=O)N/N=C/c2ccc(C#N)cc2)c1. The number of hydrogen-bond acceptors (Lipinski definition) is 3. The van der Waals surface area contributed by atoms with Gasteiger partial charge in [-0.05, 0) is 42.7 Å². The van der Waals surface area contributed by atoms with Crippen molar-refractivity contribution in [1.82, 2.24) is 5.43 Å². The quantitative estimate of drug-likeness (QED) is 0.695. The molecule has 0 unspecified atom stereocenters. The Morgan fingerprint density at radius 3 is 2.64 bits per heavy atom. The highest BCUT2D eigenvalue weighted by atomic mass is 16.2. The van der Waals surface area contributed by atoms with Gasteiger partial charge in [0, 0.05) is 0 Å². The van der Waals surface area contributed by atoms with Crippen molar-refractivity contribution in [1.29, 1.82) is 5.26 Å². The smallest absolute Gasteiger partial charge is 0.244 e. The molecule has 0 heterocycles. The van der Waals surface area contributed by atoms with Gasteiger partial charge in [0.1, 0.15) is 0 Å². The number of nitrogens with one attached hydrogen (secondary N) is 1. The summed E-state index contributed by atoms with van der Waals surface area (Å²) in [7, 11) is 0. The minimum absolute atomic E-state index is 0.154. The van der Waals surface area contributed by atoms with Crippen molar-refractivity contribution in [2.24, 2.45) is 5.10 Å². The molecule has 4 heteroatoms. The molecule has 0 aromatic heterocycles. The Morgan fingerprint density at radius 1 is 1.23 bits per heavy atom. The summed E-state index contributed by atoms with van der Waals surface area (Å²) in [4.78, 5) is 11.9. The second-order valence-electron chi connectivity index (χ2n) is 5.13. The van der Waals surface area contributed by atoms with Crippen molar-refractivity contribution >= 4 is 12.1 Å². The number of rotatable bonds is 4. The molecule has 2 aromatic carbocycles. The van der Waals surface area contributed by atoms with Crippen LogP contribution < -0.4 is 5.43 Å². The van der Waals surface area contributed by atoms with Crippen molar-refractivity contribution in [3.8, 4) is 6.07 Å². The third-order valence-corrected chi connectivity index (χ3v) is 3.30. The maximum atomic E-state index is 11.9. The lowest BCUT2D eigenvalue weighted by Crippen LogP contribution is -2.20. The molecule has 0 saturated heterocycles. The molecule has 22 heavy (non-hydrogen) atoms. The molecule has 0 fully saturated rings. The summed E-state index contributed by atoms with van der Waals surface area (Å²) in [5, 5.41) is 12.7. The zero-order chi connectivity index (χ0) is 15.9. The molecular weight excluding hydrogens is 274 g/mol. The summed E-state index contributed by atoms with van der Waals surface area (Å²) < 4.78 is 0. The minimum atomic E-state index is -0.154. The zero-order valence-electron chi connectivity index (χ0n) is 12.6. The van der Waals surface area contributed by atoms with E-state index in [1.54, 1.807) is 30.5 Å². The summed E-state index contributed by atoms with van der Waals surface area (Å²) in [5.74, 6) is -0.154. The van der Waals surface area contributed by atoms with Gasteiger partial charge in [0.25, 0.3) is 0 Å². The van der Waals surface area contributed by atoms with Gasteiger partial charge in [0.2, 0.25) is 5.91 Å². The number of hydrogen-bond donors (Lipinski definition) is 1. The van der Waals surface area contributed by atoms with Crippen LogP contribution in [0.5, 0.6) is 0 Å². The van der Waals surface area contributed by atoms with Gasteiger partial charge in [-0.3, -0.25) is 4.79 Å². The molecule has 1 amide bonds. The zero-order valence-corrected chi connectivity index (χ0v) is 12.6. The van der Waals surface area contributed by atoms with E-state index in [1.807, 2.05) is 32.0 Å². The minimum Gasteiger partial charge on any atom is -0.273 e. The lowest BCUT2D eigenvalue weighted by molar-refractivity contribution is -0.120. The molecule has 0 atom stereocenters. The van der Waals surface area contributed by atoms with Crippen LogP contribution in [-0.4, -0.2) is 12.1 Å². The first-order valence-electron chi connectivity index (χ1n) is 6.96. The fourth-order valence-electron chi connectivity index (χ4n) is 2.03. The number of hydrazone groups is 1. The van der Waals surface area contributed by atoms with Crippen LogP contribution in [-0.2, 0) is 11.2 Å². The molecule has 0 bridgehead atoms. The fraction of sp³-hybridized carbons (Fsp3) is 0.167. The standard InChI is InChI=1S/C18H17N3O/c1-13-3-4-14(2)17(9-13)10-18(22)21-20-12-16-7-5-15(11-19)6-8-16/h3-9,12H,10H2,1-2H3,(H,21,22)/b20-12+. The lowest BCUT2D eigenvalue weighted by atomic mass is 10.0. The summed E-state index contributed by atoms with van der Waals surface area (Å²) in [6.45, 7) is 3.99. The molecule has 110 valence electrons. The number of nitrogens with zero attached hydrogens (tertiary/aromatic N) is 2. The van der Waals surface area contributed by atoms with Gasteiger partial charge in [0.05, 0.1) is 24.3 Å². The Bertz CT molecular complexity index is 740. The lowest BCUT2D eigenvalue weighted by Gasteiger charge is -2.05. The predicted molar refractivity (Wildman–Crippen MR) is 86.5 cm³/mol. The van der Waals surface area contributed by atoms with Gasteiger partial charge < -0.3 is 0 Å². The molecule has 0 aliphatic heterocycles. The highest BCUT2D eigenvalue weighted by molar-refractivity contribution is 5.83. The molecule has 1 N–H and O–H groups in total. The van der Waals surface area contributed by atoms with E-state index in [2.05, 4.69) is 16.6 Å². The van der Waals surface area contributed by atoms with E-state index in [1.165, 1.54) is 0 Å².